The number of carboxylic acid groups (broad SMARTS) is 1. The minimum absolute atomic E-state index is 0.489. The van der Waals surface area contributed by atoms with Crippen molar-refractivity contribution >= 4 is 5.97 Å². The maximum absolute atomic E-state index is 11.4. The van der Waals surface area contributed by atoms with Crippen molar-refractivity contribution < 1.29 is 9.90 Å². The molecule has 1 aromatic heterocycles. The number of hydrogen-bond acceptors (Lipinski definition) is 2. The van der Waals surface area contributed by atoms with Crippen molar-refractivity contribution in [1.82, 2.24) is 4.98 Å². The fourth-order valence-corrected chi connectivity index (χ4v) is 2.06. The predicted octanol–water partition coefficient (Wildman–Crippen LogP) is 2.80. The van der Waals surface area contributed by atoms with Gasteiger partial charge in [0.05, 0.1) is 5.92 Å². The number of nitrogens with zero attached hydrogens (tertiary/aromatic N) is 1. The summed E-state index contributed by atoms with van der Waals surface area (Å²) in [6.07, 6.45) is 3.86. The number of carbonyl (C=O) groups is 1. The second-order valence-electron chi connectivity index (χ2n) is 4.31. The Balaban J connectivity index is 2.30. The predicted molar refractivity (Wildman–Crippen MR) is 69.5 cm³/mol. The van der Waals surface area contributed by atoms with Gasteiger partial charge < -0.3 is 5.11 Å². The van der Waals surface area contributed by atoms with Gasteiger partial charge in [0.1, 0.15) is 0 Å². The summed E-state index contributed by atoms with van der Waals surface area (Å²) in [6, 6.07) is 11.3. The van der Waals surface area contributed by atoms with Gasteiger partial charge in [-0.25, -0.2) is 0 Å². The van der Waals surface area contributed by atoms with Crippen LogP contribution in [0.3, 0.4) is 0 Å². The van der Waals surface area contributed by atoms with E-state index in [2.05, 4.69) is 4.98 Å². The van der Waals surface area contributed by atoms with E-state index < -0.39 is 11.9 Å². The van der Waals surface area contributed by atoms with Crippen LogP contribution in [0.25, 0.3) is 0 Å². The van der Waals surface area contributed by atoms with E-state index in [1.54, 1.807) is 12.4 Å². The number of aliphatic carboxylic acids is 1. The molecule has 1 atom stereocenters. The number of hydrogen-bond donors (Lipinski definition) is 1. The van der Waals surface area contributed by atoms with Gasteiger partial charge in [0.25, 0.3) is 0 Å². The molecule has 1 unspecified atom stereocenters. The lowest BCUT2D eigenvalue weighted by molar-refractivity contribution is -0.138. The number of benzene rings is 1. The summed E-state index contributed by atoms with van der Waals surface area (Å²) in [5.41, 5.74) is 2.88. The van der Waals surface area contributed by atoms with Gasteiger partial charge in [-0.2, -0.15) is 0 Å². The molecule has 3 heteroatoms. The highest BCUT2D eigenvalue weighted by molar-refractivity contribution is 5.77. The van der Waals surface area contributed by atoms with E-state index in [0.29, 0.717) is 6.42 Å². The molecular weight excluding hydrogens is 226 g/mol. The lowest BCUT2D eigenvalue weighted by Gasteiger charge is -2.15. The normalized spacial score (nSPS) is 12.1. The zero-order valence-electron chi connectivity index (χ0n) is 10.2. The molecule has 1 N–H and O–H groups in total. The molecule has 0 spiro atoms. The zero-order chi connectivity index (χ0) is 13.0. The molecule has 0 fully saturated rings. The lowest BCUT2D eigenvalue weighted by atomic mass is 9.89. The zero-order valence-corrected chi connectivity index (χ0v) is 10.2. The molecular formula is C15H15NO2. The van der Waals surface area contributed by atoms with Crippen LogP contribution in [0.2, 0.25) is 0 Å². The standard InChI is InChI=1S/C15H15NO2/c1-11-4-2-3-5-13(11)14(15(17)18)10-12-6-8-16-9-7-12/h2-9,14H,10H2,1H3,(H,17,18). The van der Waals surface area contributed by atoms with E-state index in [9.17, 15) is 9.90 Å². The third-order valence-corrected chi connectivity index (χ3v) is 3.05. The van der Waals surface area contributed by atoms with E-state index in [4.69, 9.17) is 0 Å². The average Bonchev–Trinajstić information content (AvgIpc) is 2.38. The monoisotopic (exact) mass is 241 g/mol. The molecule has 0 amide bonds. The van der Waals surface area contributed by atoms with Crippen LogP contribution in [-0.2, 0) is 11.2 Å². The Morgan fingerprint density at radius 3 is 2.50 bits per heavy atom. The molecule has 92 valence electrons. The van der Waals surface area contributed by atoms with Crippen molar-refractivity contribution in [3.63, 3.8) is 0 Å². The summed E-state index contributed by atoms with van der Waals surface area (Å²) in [7, 11) is 0. The van der Waals surface area contributed by atoms with Gasteiger partial charge in [0, 0.05) is 12.4 Å². The Hall–Kier alpha value is -2.16. The Bertz CT molecular complexity index is 537. The van der Waals surface area contributed by atoms with E-state index in [1.807, 2.05) is 43.3 Å². The molecule has 0 saturated carbocycles. The molecule has 0 bridgehead atoms. The van der Waals surface area contributed by atoms with Crippen LogP contribution >= 0.6 is 0 Å². The molecule has 2 aromatic rings. The SMILES string of the molecule is Cc1ccccc1C(Cc1ccncc1)C(=O)O. The van der Waals surface area contributed by atoms with Crippen LogP contribution in [-0.4, -0.2) is 16.1 Å². The minimum atomic E-state index is -0.791. The fourth-order valence-electron chi connectivity index (χ4n) is 2.06. The second kappa shape index (κ2) is 5.45. The molecule has 0 aliphatic heterocycles. The van der Waals surface area contributed by atoms with Crippen molar-refractivity contribution in [2.45, 2.75) is 19.3 Å². The second-order valence-corrected chi connectivity index (χ2v) is 4.31. The summed E-state index contributed by atoms with van der Waals surface area (Å²) in [5, 5.41) is 9.40. The highest BCUT2D eigenvalue weighted by Gasteiger charge is 2.21. The van der Waals surface area contributed by atoms with Crippen molar-refractivity contribution in [3.05, 3.63) is 65.5 Å². The first-order chi connectivity index (χ1) is 8.68. The molecule has 18 heavy (non-hydrogen) atoms. The molecule has 0 radical (unpaired) electrons. The molecule has 2 rings (SSSR count). The van der Waals surface area contributed by atoms with Gasteiger partial charge in [-0.1, -0.05) is 24.3 Å². The van der Waals surface area contributed by atoms with E-state index in [1.165, 1.54) is 0 Å². The van der Waals surface area contributed by atoms with E-state index in [-0.39, 0.29) is 0 Å². The molecule has 0 aliphatic rings. The highest BCUT2D eigenvalue weighted by atomic mass is 16.4. The van der Waals surface area contributed by atoms with Crippen molar-refractivity contribution in [2.75, 3.05) is 0 Å². The van der Waals surface area contributed by atoms with Crippen LogP contribution in [0.5, 0.6) is 0 Å². The van der Waals surface area contributed by atoms with Crippen molar-refractivity contribution in [2.24, 2.45) is 0 Å². The third-order valence-electron chi connectivity index (χ3n) is 3.05. The van der Waals surface area contributed by atoms with Gasteiger partial charge in [-0.3, -0.25) is 9.78 Å². The van der Waals surface area contributed by atoms with Gasteiger partial charge in [-0.05, 0) is 42.2 Å². The lowest BCUT2D eigenvalue weighted by Crippen LogP contribution is -2.15. The molecule has 0 saturated heterocycles. The smallest absolute Gasteiger partial charge is 0.311 e. The summed E-state index contributed by atoms with van der Waals surface area (Å²) < 4.78 is 0. The maximum atomic E-state index is 11.4. The Kier molecular flexibility index (Phi) is 3.72. The summed E-state index contributed by atoms with van der Waals surface area (Å²) in [4.78, 5) is 15.4. The van der Waals surface area contributed by atoms with Gasteiger partial charge in [-0.15, -0.1) is 0 Å². The largest absolute Gasteiger partial charge is 0.481 e. The first-order valence-corrected chi connectivity index (χ1v) is 5.85. The summed E-state index contributed by atoms with van der Waals surface area (Å²) >= 11 is 0. The summed E-state index contributed by atoms with van der Waals surface area (Å²) in [5.74, 6) is -1.30. The highest BCUT2D eigenvalue weighted by Crippen LogP contribution is 2.24. The number of pyridine rings is 1. The van der Waals surface area contributed by atoms with Gasteiger partial charge in [0.15, 0.2) is 0 Å². The third kappa shape index (κ3) is 2.74. The maximum Gasteiger partial charge on any atom is 0.311 e. The number of aryl methyl sites for hydroxylation is 1. The fraction of sp³-hybridized carbons (Fsp3) is 0.200. The topological polar surface area (TPSA) is 50.2 Å². The van der Waals surface area contributed by atoms with Crippen molar-refractivity contribution in [3.8, 4) is 0 Å². The Morgan fingerprint density at radius 2 is 1.89 bits per heavy atom. The van der Waals surface area contributed by atoms with E-state index >= 15 is 0 Å². The number of carboxylic acids is 1. The number of aromatic nitrogens is 1. The Labute approximate surface area is 106 Å². The van der Waals surface area contributed by atoms with Crippen LogP contribution in [0, 0.1) is 6.92 Å². The number of rotatable bonds is 4. The van der Waals surface area contributed by atoms with Crippen LogP contribution in [0.15, 0.2) is 48.8 Å². The quantitative estimate of drug-likeness (QED) is 0.895. The van der Waals surface area contributed by atoms with Crippen LogP contribution < -0.4 is 0 Å². The van der Waals surface area contributed by atoms with Crippen molar-refractivity contribution in [1.29, 1.82) is 0 Å². The first kappa shape index (κ1) is 12.3. The van der Waals surface area contributed by atoms with Gasteiger partial charge in [0.2, 0.25) is 0 Å². The molecule has 1 aromatic carbocycles. The van der Waals surface area contributed by atoms with Crippen LogP contribution in [0.1, 0.15) is 22.6 Å². The van der Waals surface area contributed by atoms with Gasteiger partial charge >= 0.3 is 5.97 Å². The molecule has 1 heterocycles. The average molecular weight is 241 g/mol. The molecule has 0 aliphatic carbocycles. The van der Waals surface area contributed by atoms with E-state index in [0.717, 1.165) is 16.7 Å². The molecule has 3 nitrogen and oxygen atoms in total. The minimum Gasteiger partial charge on any atom is -0.481 e. The van der Waals surface area contributed by atoms with Crippen LogP contribution in [0.4, 0.5) is 0 Å². The Morgan fingerprint density at radius 1 is 1.22 bits per heavy atom. The summed E-state index contributed by atoms with van der Waals surface area (Å²) in [6.45, 7) is 1.94. The first-order valence-electron chi connectivity index (χ1n) is 5.85.